The molecule has 27 heavy (non-hydrogen) atoms. The van der Waals surface area contributed by atoms with Gasteiger partial charge in [-0.3, -0.25) is 14.9 Å². The second-order valence-electron chi connectivity index (χ2n) is 5.96. The van der Waals surface area contributed by atoms with Gasteiger partial charge in [0.15, 0.2) is 5.82 Å². The third-order valence-corrected chi connectivity index (χ3v) is 4.37. The van der Waals surface area contributed by atoms with Crippen molar-refractivity contribution >= 4 is 35.1 Å². The number of hydrogen-bond acceptors (Lipinski definition) is 4. The Kier molecular flexibility index (Phi) is 4.33. The molecule has 0 unspecified atom stereocenters. The summed E-state index contributed by atoms with van der Waals surface area (Å²) in [5.41, 5.74) is 1.14. The topological polar surface area (TPSA) is 88.9 Å². The zero-order valence-electron chi connectivity index (χ0n) is 13.8. The number of benzene rings is 2. The van der Waals surface area contributed by atoms with Crippen LogP contribution in [0.15, 0.2) is 48.5 Å². The van der Waals surface area contributed by atoms with Crippen molar-refractivity contribution in [1.82, 2.24) is 14.8 Å². The van der Waals surface area contributed by atoms with Crippen molar-refractivity contribution in [2.24, 2.45) is 0 Å². The number of nitrogens with one attached hydrogen (secondary N) is 2. The molecule has 0 spiro atoms. The van der Waals surface area contributed by atoms with Crippen molar-refractivity contribution < 1.29 is 14.0 Å². The van der Waals surface area contributed by atoms with Gasteiger partial charge in [-0.15, -0.1) is 5.10 Å². The van der Waals surface area contributed by atoms with E-state index in [0.717, 1.165) is 11.6 Å². The molecule has 4 rings (SSSR count). The van der Waals surface area contributed by atoms with Crippen molar-refractivity contribution in [3.8, 4) is 11.4 Å². The molecule has 9 heteroatoms. The number of halogens is 2. The molecule has 0 saturated carbocycles. The van der Waals surface area contributed by atoms with Crippen molar-refractivity contribution in [1.29, 1.82) is 0 Å². The number of carbonyl (C=O) groups excluding carboxylic acids is 2. The van der Waals surface area contributed by atoms with Gasteiger partial charge in [0.25, 0.3) is 5.91 Å². The van der Waals surface area contributed by atoms with Crippen LogP contribution in [0.1, 0.15) is 12.5 Å². The second kappa shape index (κ2) is 6.81. The fourth-order valence-electron chi connectivity index (χ4n) is 2.78. The Morgan fingerprint density at radius 2 is 2.04 bits per heavy atom. The number of rotatable bonds is 4. The molecule has 3 aromatic rings. The van der Waals surface area contributed by atoms with Crippen LogP contribution in [0.2, 0.25) is 5.02 Å². The van der Waals surface area contributed by atoms with Gasteiger partial charge in [-0.2, -0.15) is 4.98 Å². The molecule has 1 aliphatic rings. The second-order valence-corrected chi connectivity index (χ2v) is 6.36. The van der Waals surface area contributed by atoms with Gasteiger partial charge in [0.05, 0.1) is 11.4 Å². The van der Waals surface area contributed by atoms with Gasteiger partial charge in [-0.25, -0.2) is 9.07 Å². The monoisotopic (exact) mass is 385 g/mol. The van der Waals surface area contributed by atoms with Crippen molar-refractivity contribution in [2.45, 2.75) is 12.5 Å². The fraction of sp³-hybridized carbons (Fsp3) is 0.111. The average molecular weight is 386 g/mol. The van der Waals surface area contributed by atoms with E-state index in [1.54, 1.807) is 0 Å². The highest BCUT2D eigenvalue weighted by atomic mass is 35.5. The van der Waals surface area contributed by atoms with Crippen LogP contribution in [0.3, 0.4) is 0 Å². The summed E-state index contributed by atoms with van der Waals surface area (Å²) in [6.45, 7) is 0. The van der Waals surface area contributed by atoms with Gasteiger partial charge >= 0.3 is 0 Å². The van der Waals surface area contributed by atoms with Crippen LogP contribution < -0.4 is 10.6 Å². The summed E-state index contributed by atoms with van der Waals surface area (Å²) in [6, 6.07) is 12.3. The lowest BCUT2D eigenvalue weighted by Crippen LogP contribution is -2.23. The van der Waals surface area contributed by atoms with Crippen LogP contribution in [-0.2, 0) is 9.59 Å². The molecule has 0 bridgehead atoms. The smallest absolute Gasteiger partial charge is 0.252 e. The van der Waals surface area contributed by atoms with Crippen LogP contribution in [-0.4, -0.2) is 26.6 Å². The maximum atomic E-state index is 13.2. The number of carbonyl (C=O) groups is 2. The fourth-order valence-corrected chi connectivity index (χ4v) is 2.96. The van der Waals surface area contributed by atoms with Gasteiger partial charge in [-0.05, 0) is 18.2 Å². The molecule has 136 valence electrons. The Morgan fingerprint density at radius 1 is 1.26 bits per heavy atom. The summed E-state index contributed by atoms with van der Waals surface area (Å²) >= 11 is 5.71. The van der Waals surface area contributed by atoms with E-state index in [9.17, 15) is 14.0 Å². The zero-order chi connectivity index (χ0) is 19.0. The molecule has 0 radical (unpaired) electrons. The summed E-state index contributed by atoms with van der Waals surface area (Å²) < 4.78 is 14.6. The maximum Gasteiger partial charge on any atom is 0.252 e. The number of fused-ring (bicyclic) bond motifs is 1. The van der Waals surface area contributed by atoms with E-state index in [4.69, 9.17) is 11.6 Å². The van der Waals surface area contributed by atoms with Crippen LogP contribution in [0, 0.1) is 5.82 Å². The number of hydrogen-bond donors (Lipinski definition) is 2. The number of anilines is 2. The molecule has 0 aliphatic carbocycles. The molecule has 1 aliphatic heterocycles. The number of amides is 2. The Bertz CT molecular complexity index is 1040. The number of nitrogens with zero attached hydrogens (tertiary/aromatic N) is 3. The van der Waals surface area contributed by atoms with E-state index < -0.39 is 17.8 Å². The molecule has 2 amide bonds. The van der Waals surface area contributed by atoms with Gasteiger partial charge in [0.2, 0.25) is 11.9 Å². The minimum Gasteiger partial charge on any atom is -0.326 e. The first-order valence-corrected chi connectivity index (χ1v) is 8.47. The van der Waals surface area contributed by atoms with Crippen LogP contribution in [0.5, 0.6) is 0 Å². The largest absolute Gasteiger partial charge is 0.326 e. The lowest BCUT2D eigenvalue weighted by Gasteiger charge is -2.10. The van der Waals surface area contributed by atoms with Crippen molar-refractivity contribution in [3.63, 3.8) is 0 Å². The van der Waals surface area contributed by atoms with E-state index in [0.29, 0.717) is 17.5 Å². The highest BCUT2D eigenvalue weighted by Gasteiger charge is 2.35. The molecule has 1 atom stereocenters. The van der Waals surface area contributed by atoms with Crippen molar-refractivity contribution in [2.75, 3.05) is 10.6 Å². The SMILES string of the molecule is O=C(C[C@H]1C(=O)Nc2nc(-c3ccccc3)nn21)Nc1ccc(F)c(Cl)c1. The van der Waals surface area contributed by atoms with E-state index >= 15 is 0 Å². The maximum absolute atomic E-state index is 13.2. The first kappa shape index (κ1) is 17.2. The minimum absolute atomic E-state index is 0.0996. The van der Waals surface area contributed by atoms with Gasteiger partial charge < -0.3 is 5.32 Å². The van der Waals surface area contributed by atoms with E-state index in [1.807, 2.05) is 30.3 Å². The molecular weight excluding hydrogens is 373 g/mol. The highest BCUT2D eigenvalue weighted by molar-refractivity contribution is 6.31. The third-order valence-electron chi connectivity index (χ3n) is 4.08. The van der Waals surface area contributed by atoms with Crippen LogP contribution >= 0.6 is 11.6 Å². The average Bonchev–Trinajstić information content (AvgIpc) is 3.18. The molecule has 2 heterocycles. The highest BCUT2D eigenvalue weighted by Crippen LogP contribution is 2.28. The summed E-state index contributed by atoms with van der Waals surface area (Å²) in [4.78, 5) is 28.8. The minimum atomic E-state index is -0.819. The zero-order valence-corrected chi connectivity index (χ0v) is 14.6. The van der Waals surface area contributed by atoms with E-state index in [1.165, 1.54) is 16.8 Å². The predicted octanol–water partition coefficient (Wildman–Crippen LogP) is 3.26. The normalized spacial score (nSPS) is 15.3. The van der Waals surface area contributed by atoms with E-state index in [2.05, 4.69) is 20.7 Å². The summed E-state index contributed by atoms with van der Waals surface area (Å²) in [5, 5.41) is 9.47. The lowest BCUT2D eigenvalue weighted by molar-refractivity contribution is -0.123. The molecule has 2 N–H and O–H groups in total. The summed E-state index contributed by atoms with van der Waals surface area (Å²) in [6.07, 6.45) is -0.147. The van der Waals surface area contributed by atoms with Crippen LogP contribution in [0.25, 0.3) is 11.4 Å². The Hall–Kier alpha value is -3.26. The quantitative estimate of drug-likeness (QED) is 0.721. The number of aromatic nitrogens is 3. The predicted molar refractivity (Wildman–Crippen MR) is 97.8 cm³/mol. The molecular formula is C18H13ClFN5O2. The molecule has 2 aromatic carbocycles. The van der Waals surface area contributed by atoms with Crippen LogP contribution in [0.4, 0.5) is 16.0 Å². The Balaban J connectivity index is 1.51. The third kappa shape index (κ3) is 3.39. The molecule has 1 aromatic heterocycles. The summed E-state index contributed by atoms with van der Waals surface area (Å²) in [7, 11) is 0. The Morgan fingerprint density at radius 3 is 2.78 bits per heavy atom. The Labute approximate surface area is 158 Å². The lowest BCUT2D eigenvalue weighted by atomic mass is 10.2. The van der Waals surface area contributed by atoms with E-state index in [-0.39, 0.29) is 17.4 Å². The molecule has 0 fully saturated rings. The molecule has 0 saturated heterocycles. The first-order chi connectivity index (χ1) is 13.0. The molecule has 7 nitrogen and oxygen atoms in total. The van der Waals surface area contributed by atoms with Crippen molar-refractivity contribution in [3.05, 3.63) is 59.4 Å². The van der Waals surface area contributed by atoms with Gasteiger partial charge in [0.1, 0.15) is 11.9 Å². The standard InChI is InChI=1S/C18H13ClFN5O2/c19-12-8-11(6-7-13(12)20)21-15(26)9-14-17(27)23-18-22-16(24-25(14)18)10-4-2-1-3-5-10/h1-8,14H,9H2,(H,21,26)(H,22,23,24,27)/t14-/m0/s1. The van der Waals surface area contributed by atoms with Gasteiger partial charge in [-0.1, -0.05) is 41.9 Å². The summed E-state index contributed by atoms with van der Waals surface area (Å²) in [5.74, 6) is -0.618. The van der Waals surface area contributed by atoms with Gasteiger partial charge in [0, 0.05) is 11.3 Å². The first-order valence-electron chi connectivity index (χ1n) is 8.09.